The van der Waals surface area contributed by atoms with Crippen LogP contribution in [0.1, 0.15) is 79.9 Å². The highest BCUT2D eigenvalue weighted by Crippen LogP contribution is 2.24. The van der Waals surface area contributed by atoms with Gasteiger partial charge in [0.25, 0.3) is 5.91 Å². The molecule has 2 aromatic rings. The summed E-state index contributed by atoms with van der Waals surface area (Å²) in [6.07, 6.45) is 11.2. The highest BCUT2D eigenvalue weighted by atomic mass is 32.2. The molecule has 0 saturated carbocycles. The lowest BCUT2D eigenvalue weighted by Crippen LogP contribution is -2.32. The van der Waals surface area contributed by atoms with Gasteiger partial charge in [-0.1, -0.05) is 45.1 Å². The van der Waals surface area contributed by atoms with Crippen LogP contribution < -0.4 is 15.4 Å². The van der Waals surface area contributed by atoms with E-state index in [-0.39, 0.29) is 5.91 Å². The summed E-state index contributed by atoms with van der Waals surface area (Å²) in [7, 11) is 0.438. The number of rotatable bonds is 14. The minimum atomic E-state index is -1.15. The van der Waals surface area contributed by atoms with Gasteiger partial charge in [-0.05, 0) is 62.6 Å². The van der Waals surface area contributed by atoms with Crippen LogP contribution in [0.2, 0.25) is 0 Å². The zero-order valence-corrected chi connectivity index (χ0v) is 22.9. The van der Waals surface area contributed by atoms with Crippen molar-refractivity contribution in [3.8, 4) is 5.75 Å². The second kappa shape index (κ2) is 15.4. The van der Waals surface area contributed by atoms with Gasteiger partial charge >= 0.3 is 0 Å². The Morgan fingerprint density at radius 1 is 1.11 bits per heavy atom. The molecule has 1 aliphatic heterocycles. The van der Waals surface area contributed by atoms with Gasteiger partial charge in [0, 0.05) is 29.6 Å². The van der Waals surface area contributed by atoms with Crippen LogP contribution in [0.25, 0.3) is 0 Å². The standard InChI is InChI=1S/C27H41N3O3S2/c1-3-4-5-6-7-8-17-28-23-12-10-18-30(19-16-23)35(32)26-15-14-25(34-26)21-29-27(31)22-11-9-13-24(20-22)33-2/h9,11,13-15,20,23,28H,3-8,10,12,16-19,21H2,1-2H3,(H,29,31). The second-order valence-electron chi connectivity index (χ2n) is 9.16. The zero-order valence-electron chi connectivity index (χ0n) is 21.2. The molecule has 3 rings (SSSR count). The van der Waals surface area contributed by atoms with E-state index in [9.17, 15) is 9.00 Å². The number of methoxy groups -OCH3 is 1. The molecule has 1 amide bonds. The van der Waals surface area contributed by atoms with Crippen molar-refractivity contribution in [2.75, 3.05) is 26.7 Å². The van der Waals surface area contributed by atoms with E-state index in [0.717, 1.165) is 48.0 Å². The van der Waals surface area contributed by atoms with Gasteiger partial charge in [0.05, 0.1) is 13.7 Å². The smallest absolute Gasteiger partial charge is 0.251 e. The molecule has 8 heteroatoms. The van der Waals surface area contributed by atoms with Gasteiger partial charge in [0.2, 0.25) is 0 Å². The molecule has 0 aliphatic carbocycles. The molecule has 1 saturated heterocycles. The fraction of sp³-hybridized carbons (Fsp3) is 0.593. The number of unbranched alkanes of at least 4 members (excludes halogenated alkanes) is 5. The fourth-order valence-corrected chi connectivity index (χ4v) is 6.96. The molecule has 2 atom stereocenters. The van der Waals surface area contributed by atoms with Crippen molar-refractivity contribution in [2.45, 2.75) is 81.5 Å². The van der Waals surface area contributed by atoms with Crippen molar-refractivity contribution in [3.05, 3.63) is 46.8 Å². The zero-order chi connectivity index (χ0) is 24.9. The first-order valence-corrected chi connectivity index (χ1v) is 14.9. The van der Waals surface area contributed by atoms with Crippen molar-refractivity contribution >= 4 is 28.2 Å². The van der Waals surface area contributed by atoms with Crippen LogP contribution in [0, 0.1) is 0 Å². The van der Waals surface area contributed by atoms with Gasteiger partial charge in [-0.3, -0.25) is 4.79 Å². The van der Waals surface area contributed by atoms with E-state index in [1.165, 1.54) is 49.9 Å². The average molecular weight is 520 g/mol. The fourth-order valence-electron chi connectivity index (χ4n) is 4.36. The Bertz CT molecular complexity index is 934. The Morgan fingerprint density at radius 3 is 2.77 bits per heavy atom. The maximum Gasteiger partial charge on any atom is 0.251 e. The van der Waals surface area contributed by atoms with E-state index in [1.807, 2.05) is 18.2 Å². The van der Waals surface area contributed by atoms with Crippen molar-refractivity contribution in [3.63, 3.8) is 0 Å². The number of hydrogen-bond donors (Lipinski definition) is 2. The summed E-state index contributed by atoms with van der Waals surface area (Å²) in [5.74, 6) is 0.510. The number of hydrogen-bond acceptors (Lipinski definition) is 5. The summed E-state index contributed by atoms with van der Waals surface area (Å²) in [6, 6.07) is 11.5. The lowest BCUT2D eigenvalue weighted by atomic mass is 10.1. The third kappa shape index (κ3) is 9.33. The van der Waals surface area contributed by atoms with E-state index < -0.39 is 11.0 Å². The second-order valence-corrected chi connectivity index (χ2v) is 12.0. The molecule has 2 unspecified atom stereocenters. The van der Waals surface area contributed by atoms with Gasteiger partial charge in [-0.25, -0.2) is 8.51 Å². The monoisotopic (exact) mass is 519 g/mol. The van der Waals surface area contributed by atoms with E-state index in [0.29, 0.717) is 23.9 Å². The third-order valence-electron chi connectivity index (χ3n) is 6.45. The molecule has 2 N–H and O–H groups in total. The van der Waals surface area contributed by atoms with E-state index in [1.54, 1.807) is 25.3 Å². The minimum absolute atomic E-state index is 0.146. The first-order valence-electron chi connectivity index (χ1n) is 13.0. The highest BCUT2D eigenvalue weighted by molar-refractivity contribution is 7.85. The lowest BCUT2D eigenvalue weighted by molar-refractivity contribution is 0.0951. The number of nitrogens with one attached hydrogen (secondary N) is 2. The topological polar surface area (TPSA) is 70.7 Å². The number of nitrogens with zero attached hydrogens (tertiary/aromatic N) is 1. The first kappa shape index (κ1) is 27.8. The van der Waals surface area contributed by atoms with Gasteiger partial charge in [-0.15, -0.1) is 11.3 Å². The van der Waals surface area contributed by atoms with E-state index in [2.05, 4.69) is 21.9 Å². The largest absolute Gasteiger partial charge is 0.497 e. The summed E-state index contributed by atoms with van der Waals surface area (Å²) in [4.78, 5) is 13.5. The number of carbonyl (C=O) groups is 1. The van der Waals surface area contributed by atoms with Crippen LogP contribution in [0.3, 0.4) is 0 Å². The summed E-state index contributed by atoms with van der Waals surface area (Å²) in [5.41, 5.74) is 0.564. The third-order valence-corrected chi connectivity index (χ3v) is 9.32. The Balaban J connectivity index is 1.40. The van der Waals surface area contributed by atoms with Crippen LogP contribution in [0.4, 0.5) is 0 Å². The van der Waals surface area contributed by atoms with Crippen molar-refractivity contribution in [1.82, 2.24) is 14.9 Å². The molecular weight excluding hydrogens is 478 g/mol. The number of benzene rings is 1. The summed E-state index contributed by atoms with van der Waals surface area (Å²) in [6.45, 7) is 5.48. The van der Waals surface area contributed by atoms with Crippen molar-refractivity contribution in [2.24, 2.45) is 0 Å². The Morgan fingerprint density at radius 2 is 1.94 bits per heavy atom. The molecule has 35 heavy (non-hydrogen) atoms. The van der Waals surface area contributed by atoms with Crippen molar-refractivity contribution in [1.29, 1.82) is 0 Å². The first-order chi connectivity index (χ1) is 17.1. The molecule has 0 radical (unpaired) electrons. The molecule has 194 valence electrons. The quantitative estimate of drug-likeness (QED) is 0.323. The number of amides is 1. The normalized spacial score (nSPS) is 17.6. The Kier molecular flexibility index (Phi) is 12.2. The Labute approximate surface area is 217 Å². The van der Waals surface area contributed by atoms with Crippen molar-refractivity contribution < 1.29 is 13.7 Å². The maximum atomic E-state index is 13.2. The van der Waals surface area contributed by atoms with Gasteiger partial charge in [0.15, 0.2) is 0 Å². The molecule has 1 aromatic heterocycles. The highest BCUT2D eigenvalue weighted by Gasteiger charge is 2.22. The number of thiophene rings is 1. The number of ether oxygens (including phenoxy) is 1. The van der Waals surface area contributed by atoms with Crippen LogP contribution in [-0.2, 0) is 17.5 Å². The maximum absolute atomic E-state index is 13.2. The summed E-state index contributed by atoms with van der Waals surface area (Å²) in [5, 5.41) is 6.68. The van der Waals surface area contributed by atoms with Gasteiger partial charge in [0.1, 0.15) is 20.9 Å². The molecular formula is C27H41N3O3S2. The van der Waals surface area contributed by atoms with Gasteiger partial charge < -0.3 is 15.4 Å². The van der Waals surface area contributed by atoms with Crippen LogP contribution in [0.5, 0.6) is 5.75 Å². The van der Waals surface area contributed by atoms with Crippen LogP contribution >= 0.6 is 11.3 Å². The van der Waals surface area contributed by atoms with Gasteiger partial charge in [-0.2, -0.15) is 0 Å². The minimum Gasteiger partial charge on any atom is -0.497 e. The van der Waals surface area contributed by atoms with E-state index >= 15 is 0 Å². The number of carbonyl (C=O) groups excluding carboxylic acids is 1. The lowest BCUT2D eigenvalue weighted by Gasteiger charge is -2.18. The molecule has 1 fully saturated rings. The van der Waals surface area contributed by atoms with E-state index in [4.69, 9.17) is 4.74 Å². The SMILES string of the molecule is CCCCCCCCNC1CCCN(S(=O)c2ccc(CNC(=O)c3cccc(OC)c3)s2)CC1. The van der Waals surface area contributed by atoms with Crippen LogP contribution in [0.15, 0.2) is 40.6 Å². The average Bonchev–Trinajstić information content (AvgIpc) is 3.24. The predicted molar refractivity (Wildman–Crippen MR) is 145 cm³/mol. The molecule has 0 spiro atoms. The molecule has 2 heterocycles. The molecule has 0 bridgehead atoms. The molecule has 1 aromatic carbocycles. The Hall–Kier alpha value is -1.74. The predicted octanol–water partition coefficient (Wildman–Crippen LogP) is 5.51. The molecule has 1 aliphatic rings. The molecule has 6 nitrogen and oxygen atoms in total. The summed E-state index contributed by atoms with van der Waals surface area (Å²) >= 11 is 1.52. The van der Waals surface area contributed by atoms with Crippen LogP contribution in [-0.4, -0.2) is 47.2 Å². The summed E-state index contributed by atoms with van der Waals surface area (Å²) < 4.78 is 21.4.